The molecule has 7 nitrogen and oxygen atoms in total. The number of anilines is 1. The van der Waals surface area contributed by atoms with E-state index in [0.29, 0.717) is 12.1 Å². The molecule has 1 heterocycles. The molecule has 0 aromatic heterocycles. The van der Waals surface area contributed by atoms with Gasteiger partial charge in [0, 0.05) is 11.7 Å². The van der Waals surface area contributed by atoms with Crippen molar-refractivity contribution in [2.45, 2.75) is 31.2 Å². The first-order valence-corrected chi connectivity index (χ1v) is 10.5. The summed E-state index contributed by atoms with van der Waals surface area (Å²) in [5.74, 6) is -1.01. The smallest absolute Gasteiger partial charge is 0.240 e. The van der Waals surface area contributed by atoms with E-state index >= 15 is 0 Å². The van der Waals surface area contributed by atoms with E-state index in [4.69, 9.17) is 0 Å². The first-order chi connectivity index (χ1) is 10.6. The Kier molecular flexibility index (Phi) is 5.12. The third-order valence-corrected chi connectivity index (χ3v) is 6.87. The Bertz CT molecular complexity index is 783. The van der Waals surface area contributed by atoms with Crippen molar-refractivity contribution in [3.05, 3.63) is 24.3 Å². The Morgan fingerprint density at radius 3 is 2.30 bits per heavy atom. The first kappa shape index (κ1) is 17.9. The summed E-state index contributed by atoms with van der Waals surface area (Å²) < 4.78 is 49.2. The molecule has 1 atom stereocenters. The van der Waals surface area contributed by atoms with Crippen LogP contribution in [-0.4, -0.2) is 40.3 Å². The third-order valence-electron chi connectivity index (χ3n) is 3.43. The van der Waals surface area contributed by atoms with Crippen LogP contribution in [0.1, 0.15) is 20.3 Å². The molecule has 1 aliphatic rings. The molecule has 1 fully saturated rings. The summed E-state index contributed by atoms with van der Waals surface area (Å²) in [5, 5.41) is 2.62. The predicted octanol–water partition coefficient (Wildman–Crippen LogP) is 0.746. The van der Waals surface area contributed by atoms with Gasteiger partial charge in [0.15, 0.2) is 9.84 Å². The van der Waals surface area contributed by atoms with Crippen molar-refractivity contribution in [2.75, 3.05) is 16.8 Å². The van der Waals surface area contributed by atoms with Crippen LogP contribution in [0, 0.1) is 5.92 Å². The molecule has 0 bridgehead atoms. The van der Waals surface area contributed by atoms with Gasteiger partial charge in [-0.25, -0.2) is 21.6 Å². The summed E-state index contributed by atoms with van der Waals surface area (Å²) in [6, 6.07) is 5.54. The van der Waals surface area contributed by atoms with Crippen LogP contribution >= 0.6 is 0 Å². The fourth-order valence-electron chi connectivity index (χ4n) is 2.34. The second-order valence-corrected chi connectivity index (χ2v) is 9.83. The van der Waals surface area contributed by atoms with Gasteiger partial charge in [0.1, 0.15) is 0 Å². The molecule has 0 aliphatic carbocycles. The van der Waals surface area contributed by atoms with Gasteiger partial charge in [-0.2, -0.15) is 0 Å². The normalized spacial score (nSPS) is 20.6. The zero-order valence-corrected chi connectivity index (χ0v) is 14.6. The van der Waals surface area contributed by atoms with Gasteiger partial charge in [0.2, 0.25) is 15.9 Å². The van der Waals surface area contributed by atoms with Crippen molar-refractivity contribution in [2.24, 2.45) is 5.92 Å². The summed E-state index contributed by atoms with van der Waals surface area (Å²) in [7, 11) is -6.70. The van der Waals surface area contributed by atoms with Crippen molar-refractivity contribution < 1.29 is 21.6 Å². The molecule has 128 valence electrons. The van der Waals surface area contributed by atoms with Crippen LogP contribution in [0.4, 0.5) is 5.69 Å². The van der Waals surface area contributed by atoms with Crippen LogP contribution in [-0.2, 0) is 24.7 Å². The number of carbonyl (C=O) groups is 1. The lowest BCUT2D eigenvalue weighted by Crippen LogP contribution is -2.30. The van der Waals surface area contributed by atoms with Crippen LogP contribution in [0.15, 0.2) is 29.2 Å². The van der Waals surface area contributed by atoms with E-state index < -0.39 is 25.8 Å². The molecular formula is C14H20N2O5S2. The average molecular weight is 360 g/mol. The van der Waals surface area contributed by atoms with Gasteiger partial charge in [0.25, 0.3) is 0 Å². The van der Waals surface area contributed by atoms with E-state index in [1.165, 1.54) is 24.3 Å². The number of sulfone groups is 1. The van der Waals surface area contributed by atoms with Crippen molar-refractivity contribution in [1.29, 1.82) is 0 Å². The van der Waals surface area contributed by atoms with E-state index in [0.717, 1.165) is 0 Å². The van der Waals surface area contributed by atoms with Crippen molar-refractivity contribution in [1.82, 2.24) is 4.72 Å². The number of carbonyl (C=O) groups excluding carboxylic acids is 1. The van der Waals surface area contributed by atoms with E-state index in [2.05, 4.69) is 10.0 Å². The van der Waals surface area contributed by atoms with Gasteiger partial charge in [-0.05, 0) is 44.5 Å². The number of hydrogen-bond donors (Lipinski definition) is 2. The minimum atomic E-state index is -3.58. The SMILES string of the molecule is CC(C)NS(=O)(=O)c1ccc(NC(=O)[C@H]2CCS(=O)(=O)C2)cc1. The summed E-state index contributed by atoms with van der Waals surface area (Å²) in [5.41, 5.74) is 0.433. The lowest BCUT2D eigenvalue weighted by molar-refractivity contribution is -0.119. The Morgan fingerprint density at radius 2 is 1.83 bits per heavy atom. The van der Waals surface area contributed by atoms with Crippen LogP contribution in [0.3, 0.4) is 0 Å². The van der Waals surface area contributed by atoms with Crippen LogP contribution in [0.2, 0.25) is 0 Å². The summed E-state index contributed by atoms with van der Waals surface area (Å²) in [6.07, 6.45) is 0.318. The van der Waals surface area contributed by atoms with Gasteiger partial charge >= 0.3 is 0 Å². The zero-order chi connectivity index (χ0) is 17.3. The molecule has 1 aromatic rings. The number of benzene rings is 1. The minimum absolute atomic E-state index is 0.0309. The van der Waals surface area contributed by atoms with Gasteiger partial charge in [0.05, 0.1) is 22.3 Å². The predicted molar refractivity (Wildman–Crippen MR) is 87.3 cm³/mol. The van der Waals surface area contributed by atoms with Crippen molar-refractivity contribution >= 4 is 31.5 Å². The van der Waals surface area contributed by atoms with Crippen LogP contribution < -0.4 is 10.0 Å². The van der Waals surface area contributed by atoms with Crippen molar-refractivity contribution in [3.63, 3.8) is 0 Å². The number of rotatable bonds is 5. The van der Waals surface area contributed by atoms with Gasteiger partial charge in [-0.15, -0.1) is 0 Å². The van der Waals surface area contributed by atoms with E-state index in [-0.39, 0.29) is 28.4 Å². The van der Waals surface area contributed by atoms with Gasteiger partial charge < -0.3 is 5.32 Å². The van der Waals surface area contributed by atoms with E-state index in [1.54, 1.807) is 13.8 Å². The largest absolute Gasteiger partial charge is 0.326 e. The fourth-order valence-corrected chi connectivity index (χ4v) is 5.33. The van der Waals surface area contributed by atoms with Crippen LogP contribution in [0.25, 0.3) is 0 Å². The first-order valence-electron chi connectivity index (χ1n) is 7.23. The Balaban J connectivity index is 2.05. The quantitative estimate of drug-likeness (QED) is 0.805. The highest BCUT2D eigenvalue weighted by Crippen LogP contribution is 2.21. The molecule has 23 heavy (non-hydrogen) atoms. The highest BCUT2D eigenvalue weighted by molar-refractivity contribution is 7.91. The molecule has 9 heteroatoms. The van der Waals surface area contributed by atoms with E-state index in [9.17, 15) is 21.6 Å². The molecule has 2 N–H and O–H groups in total. The fraction of sp³-hybridized carbons (Fsp3) is 0.500. The second-order valence-electron chi connectivity index (χ2n) is 5.89. The lowest BCUT2D eigenvalue weighted by atomic mass is 10.1. The molecule has 0 radical (unpaired) electrons. The molecule has 1 aliphatic heterocycles. The van der Waals surface area contributed by atoms with E-state index in [1.807, 2.05) is 0 Å². The second kappa shape index (κ2) is 6.58. The number of amides is 1. The number of sulfonamides is 1. The topological polar surface area (TPSA) is 109 Å². The number of hydrogen-bond acceptors (Lipinski definition) is 5. The maximum absolute atomic E-state index is 12.0. The molecule has 1 saturated heterocycles. The molecule has 1 amide bonds. The molecular weight excluding hydrogens is 340 g/mol. The standard InChI is InChI=1S/C14H20N2O5S2/c1-10(2)16-23(20,21)13-5-3-12(4-6-13)15-14(17)11-7-8-22(18,19)9-11/h3-6,10-11,16H,7-9H2,1-2H3,(H,15,17)/t11-/m0/s1. The molecule has 0 spiro atoms. The number of nitrogens with one attached hydrogen (secondary N) is 2. The molecule has 1 aromatic carbocycles. The van der Waals surface area contributed by atoms with Crippen LogP contribution in [0.5, 0.6) is 0 Å². The Morgan fingerprint density at radius 1 is 1.22 bits per heavy atom. The van der Waals surface area contributed by atoms with Crippen molar-refractivity contribution in [3.8, 4) is 0 Å². The highest BCUT2D eigenvalue weighted by Gasteiger charge is 2.32. The summed E-state index contributed by atoms with van der Waals surface area (Å²) in [4.78, 5) is 12.1. The maximum atomic E-state index is 12.0. The monoisotopic (exact) mass is 360 g/mol. The highest BCUT2D eigenvalue weighted by atomic mass is 32.2. The zero-order valence-electron chi connectivity index (χ0n) is 12.9. The molecule has 0 saturated carbocycles. The van der Waals surface area contributed by atoms with Gasteiger partial charge in [-0.3, -0.25) is 4.79 Å². The van der Waals surface area contributed by atoms with Gasteiger partial charge in [-0.1, -0.05) is 0 Å². The summed E-state index contributed by atoms with van der Waals surface area (Å²) in [6.45, 7) is 3.45. The summed E-state index contributed by atoms with van der Waals surface area (Å²) >= 11 is 0. The third kappa shape index (κ3) is 4.76. The molecule has 0 unspecified atom stereocenters. The molecule has 2 rings (SSSR count). The lowest BCUT2D eigenvalue weighted by Gasteiger charge is -2.12. The Labute approximate surface area is 136 Å². The minimum Gasteiger partial charge on any atom is -0.326 e. The maximum Gasteiger partial charge on any atom is 0.240 e. The Hall–Kier alpha value is -1.45. The average Bonchev–Trinajstić information content (AvgIpc) is 2.78.